The fourth-order valence-corrected chi connectivity index (χ4v) is 2.94. The minimum Gasteiger partial charge on any atom is -0.310 e. The van der Waals surface area contributed by atoms with E-state index in [9.17, 15) is 0 Å². The van der Waals surface area contributed by atoms with Crippen LogP contribution in [0.25, 0.3) is 0 Å². The van der Waals surface area contributed by atoms with Gasteiger partial charge in [0.05, 0.1) is 0 Å². The van der Waals surface area contributed by atoms with E-state index in [0.717, 1.165) is 31.8 Å². The lowest BCUT2D eigenvalue weighted by Crippen LogP contribution is -2.25. The van der Waals surface area contributed by atoms with Gasteiger partial charge in [0.1, 0.15) is 12.2 Å². The molecular weight excluding hydrogens is 268 g/mol. The van der Waals surface area contributed by atoms with Gasteiger partial charge in [-0.2, -0.15) is 16.4 Å². The van der Waals surface area contributed by atoms with Crippen LogP contribution >= 0.6 is 11.3 Å². The third-order valence-electron chi connectivity index (χ3n) is 3.21. The van der Waals surface area contributed by atoms with E-state index in [2.05, 4.69) is 53.0 Å². The molecule has 20 heavy (non-hydrogen) atoms. The molecule has 4 nitrogen and oxygen atoms in total. The van der Waals surface area contributed by atoms with E-state index in [0.29, 0.717) is 12.0 Å². The van der Waals surface area contributed by atoms with Gasteiger partial charge in [0.25, 0.3) is 0 Å². The first kappa shape index (κ1) is 15.2. The van der Waals surface area contributed by atoms with Crippen molar-refractivity contribution in [3.8, 4) is 0 Å². The maximum absolute atomic E-state index is 4.44. The summed E-state index contributed by atoms with van der Waals surface area (Å²) in [5.74, 6) is 1.65. The SMILES string of the molecule is CCCNC(Cc1ncnn1CC(C)C)c1ccsc1. The molecule has 0 radical (unpaired) electrons. The van der Waals surface area contributed by atoms with Crippen molar-refractivity contribution in [1.82, 2.24) is 20.1 Å². The first-order valence-electron chi connectivity index (χ1n) is 7.32. The second kappa shape index (κ2) is 7.55. The molecule has 0 aliphatic heterocycles. The smallest absolute Gasteiger partial charge is 0.138 e. The Balaban J connectivity index is 2.09. The van der Waals surface area contributed by atoms with Gasteiger partial charge in [0, 0.05) is 19.0 Å². The zero-order chi connectivity index (χ0) is 14.4. The Kier molecular flexibility index (Phi) is 5.73. The first-order valence-corrected chi connectivity index (χ1v) is 8.27. The summed E-state index contributed by atoms with van der Waals surface area (Å²) in [7, 11) is 0. The van der Waals surface area contributed by atoms with Crippen LogP contribution in [-0.4, -0.2) is 21.3 Å². The van der Waals surface area contributed by atoms with Crippen LogP contribution in [0.5, 0.6) is 0 Å². The van der Waals surface area contributed by atoms with Crippen LogP contribution in [0.4, 0.5) is 0 Å². The predicted molar refractivity (Wildman–Crippen MR) is 83.9 cm³/mol. The van der Waals surface area contributed by atoms with Gasteiger partial charge in [-0.1, -0.05) is 20.8 Å². The van der Waals surface area contributed by atoms with E-state index in [1.165, 1.54) is 5.56 Å². The number of nitrogens with zero attached hydrogens (tertiary/aromatic N) is 3. The normalized spacial score (nSPS) is 13.0. The molecule has 0 saturated carbocycles. The molecule has 2 aromatic rings. The summed E-state index contributed by atoms with van der Waals surface area (Å²) in [4.78, 5) is 4.44. The number of thiophene rings is 1. The highest BCUT2D eigenvalue weighted by molar-refractivity contribution is 7.07. The Morgan fingerprint density at radius 1 is 1.40 bits per heavy atom. The fraction of sp³-hybridized carbons (Fsp3) is 0.600. The Hall–Kier alpha value is -1.20. The topological polar surface area (TPSA) is 42.7 Å². The molecule has 0 aliphatic carbocycles. The highest BCUT2D eigenvalue weighted by Gasteiger charge is 2.16. The molecule has 0 aromatic carbocycles. The molecule has 0 saturated heterocycles. The van der Waals surface area contributed by atoms with E-state index in [-0.39, 0.29) is 0 Å². The van der Waals surface area contributed by atoms with Crippen molar-refractivity contribution in [2.45, 2.75) is 46.2 Å². The van der Waals surface area contributed by atoms with Gasteiger partial charge >= 0.3 is 0 Å². The number of rotatable bonds is 8. The third kappa shape index (κ3) is 4.15. The summed E-state index contributed by atoms with van der Waals surface area (Å²) in [6, 6.07) is 2.53. The highest BCUT2D eigenvalue weighted by atomic mass is 32.1. The van der Waals surface area contributed by atoms with Crippen LogP contribution < -0.4 is 5.32 Å². The Labute approximate surface area is 125 Å². The maximum Gasteiger partial charge on any atom is 0.138 e. The zero-order valence-electron chi connectivity index (χ0n) is 12.5. The van der Waals surface area contributed by atoms with E-state index in [4.69, 9.17) is 0 Å². The molecule has 2 aromatic heterocycles. The van der Waals surface area contributed by atoms with Crippen molar-refractivity contribution in [2.24, 2.45) is 5.92 Å². The van der Waals surface area contributed by atoms with Crippen LogP contribution in [0.1, 0.15) is 44.6 Å². The second-order valence-electron chi connectivity index (χ2n) is 5.52. The molecule has 110 valence electrons. The fourth-order valence-electron chi connectivity index (χ4n) is 2.23. The Morgan fingerprint density at radius 2 is 2.25 bits per heavy atom. The van der Waals surface area contributed by atoms with Crippen molar-refractivity contribution in [1.29, 1.82) is 0 Å². The molecule has 0 spiro atoms. The lowest BCUT2D eigenvalue weighted by molar-refractivity contribution is 0.444. The average Bonchev–Trinajstić information content (AvgIpc) is 3.05. The molecule has 0 aliphatic rings. The molecule has 5 heteroatoms. The standard InChI is InChI=1S/C15H24N4S/c1-4-6-16-14(13-5-7-20-10-13)8-15-17-11-18-19(15)9-12(2)3/h5,7,10-12,14,16H,4,6,8-9H2,1-3H3. The van der Waals surface area contributed by atoms with Crippen LogP contribution in [0, 0.1) is 5.92 Å². The van der Waals surface area contributed by atoms with Gasteiger partial charge in [0.15, 0.2) is 0 Å². The van der Waals surface area contributed by atoms with Crippen LogP contribution in [0.15, 0.2) is 23.2 Å². The van der Waals surface area contributed by atoms with Crippen molar-refractivity contribution in [3.05, 3.63) is 34.5 Å². The van der Waals surface area contributed by atoms with Crippen LogP contribution in [-0.2, 0) is 13.0 Å². The van der Waals surface area contributed by atoms with Crippen molar-refractivity contribution < 1.29 is 0 Å². The van der Waals surface area contributed by atoms with Gasteiger partial charge in [-0.3, -0.25) is 0 Å². The quantitative estimate of drug-likeness (QED) is 0.812. The van der Waals surface area contributed by atoms with E-state index in [1.807, 2.05) is 4.68 Å². The molecule has 0 fully saturated rings. The van der Waals surface area contributed by atoms with E-state index in [1.54, 1.807) is 17.7 Å². The molecule has 0 bridgehead atoms. The van der Waals surface area contributed by atoms with Crippen molar-refractivity contribution in [2.75, 3.05) is 6.54 Å². The molecule has 2 heterocycles. The average molecular weight is 292 g/mol. The third-order valence-corrected chi connectivity index (χ3v) is 3.91. The molecule has 1 atom stereocenters. The van der Waals surface area contributed by atoms with Gasteiger partial charge < -0.3 is 5.32 Å². The molecule has 1 N–H and O–H groups in total. The molecule has 1 unspecified atom stereocenters. The molecule has 0 amide bonds. The molecule has 2 rings (SSSR count). The zero-order valence-corrected chi connectivity index (χ0v) is 13.4. The second-order valence-corrected chi connectivity index (χ2v) is 6.30. The van der Waals surface area contributed by atoms with Crippen LogP contribution in [0.2, 0.25) is 0 Å². The highest BCUT2D eigenvalue weighted by Crippen LogP contribution is 2.20. The van der Waals surface area contributed by atoms with Crippen LogP contribution in [0.3, 0.4) is 0 Å². The van der Waals surface area contributed by atoms with E-state index >= 15 is 0 Å². The summed E-state index contributed by atoms with van der Waals surface area (Å²) in [5, 5.41) is 12.3. The largest absolute Gasteiger partial charge is 0.310 e. The summed E-state index contributed by atoms with van der Waals surface area (Å²) in [6.07, 6.45) is 3.70. The predicted octanol–water partition coefficient (Wildman–Crippen LogP) is 3.28. The van der Waals surface area contributed by atoms with Gasteiger partial charge in [-0.05, 0) is 41.3 Å². The number of hydrogen-bond donors (Lipinski definition) is 1. The lowest BCUT2D eigenvalue weighted by atomic mass is 10.1. The van der Waals surface area contributed by atoms with Gasteiger partial charge in [0.2, 0.25) is 0 Å². The van der Waals surface area contributed by atoms with Gasteiger partial charge in [-0.25, -0.2) is 9.67 Å². The van der Waals surface area contributed by atoms with Crippen molar-refractivity contribution in [3.63, 3.8) is 0 Å². The van der Waals surface area contributed by atoms with Crippen molar-refractivity contribution >= 4 is 11.3 Å². The summed E-state index contributed by atoms with van der Waals surface area (Å²) in [5.41, 5.74) is 1.35. The lowest BCUT2D eigenvalue weighted by Gasteiger charge is -2.18. The summed E-state index contributed by atoms with van der Waals surface area (Å²) < 4.78 is 2.04. The van der Waals surface area contributed by atoms with E-state index < -0.39 is 0 Å². The number of aromatic nitrogens is 3. The van der Waals surface area contributed by atoms with Gasteiger partial charge in [-0.15, -0.1) is 0 Å². The number of nitrogens with one attached hydrogen (secondary N) is 1. The summed E-state index contributed by atoms with van der Waals surface area (Å²) >= 11 is 1.75. The minimum atomic E-state index is 0.330. The number of hydrogen-bond acceptors (Lipinski definition) is 4. The summed E-state index contributed by atoms with van der Waals surface area (Å²) in [6.45, 7) is 8.56. The minimum absolute atomic E-state index is 0.330. The Morgan fingerprint density at radius 3 is 2.90 bits per heavy atom. The first-order chi connectivity index (χ1) is 9.70. The Bertz CT molecular complexity index is 490. The molecular formula is C15H24N4S. The maximum atomic E-state index is 4.44. The monoisotopic (exact) mass is 292 g/mol.